The van der Waals surface area contributed by atoms with Crippen molar-refractivity contribution in [3.63, 3.8) is 0 Å². The number of halogens is 3. The van der Waals surface area contributed by atoms with E-state index in [1.165, 1.54) is 36.6 Å². The zero-order chi connectivity index (χ0) is 20.1. The number of nitrogens with zero attached hydrogens (tertiary/aromatic N) is 1. The van der Waals surface area contributed by atoms with Gasteiger partial charge in [0.1, 0.15) is 17.1 Å². The van der Waals surface area contributed by atoms with Crippen molar-refractivity contribution in [1.29, 1.82) is 0 Å². The Kier molecular flexibility index (Phi) is 5.44. The van der Waals surface area contributed by atoms with Crippen molar-refractivity contribution in [2.24, 2.45) is 0 Å². The van der Waals surface area contributed by atoms with Gasteiger partial charge in [-0.05, 0) is 42.5 Å². The Morgan fingerprint density at radius 2 is 1.68 bits per heavy atom. The van der Waals surface area contributed by atoms with Gasteiger partial charge in [-0.1, -0.05) is 12.1 Å². The first-order valence-corrected chi connectivity index (χ1v) is 8.09. The largest absolute Gasteiger partial charge is 0.467 e. The number of carbonyl (C=O) groups is 2. The van der Waals surface area contributed by atoms with Gasteiger partial charge < -0.3 is 15.1 Å². The Morgan fingerprint density at radius 1 is 0.964 bits per heavy atom. The molecule has 0 aliphatic rings. The Balaban J connectivity index is 1.69. The number of pyridine rings is 1. The van der Waals surface area contributed by atoms with Gasteiger partial charge in [0.05, 0.1) is 18.4 Å². The average molecular weight is 389 g/mol. The van der Waals surface area contributed by atoms with Crippen LogP contribution < -0.4 is 10.6 Å². The summed E-state index contributed by atoms with van der Waals surface area (Å²) in [5, 5.41) is 4.93. The molecule has 0 spiro atoms. The molecule has 2 N–H and O–H groups in total. The highest BCUT2D eigenvalue weighted by Gasteiger charge is 2.30. The van der Waals surface area contributed by atoms with Crippen molar-refractivity contribution in [2.45, 2.75) is 12.7 Å². The maximum atomic E-state index is 12.8. The van der Waals surface area contributed by atoms with Crippen LogP contribution in [0, 0.1) is 0 Å². The van der Waals surface area contributed by atoms with Gasteiger partial charge in [-0.3, -0.25) is 9.59 Å². The first-order chi connectivity index (χ1) is 13.3. The molecule has 144 valence electrons. The number of benzene rings is 1. The molecule has 2 aromatic heterocycles. The van der Waals surface area contributed by atoms with Crippen LogP contribution in [0.2, 0.25) is 0 Å². The molecule has 6 nitrogen and oxygen atoms in total. The number of alkyl halides is 3. The Bertz CT molecular complexity index is 985. The van der Waals surface area contributed by atoms with E-state index >= 15 is 0 Å². The van der Waals surface area contributed by atoms with E-state index in [1.54, 1.807) is 12.1 Å². The minimum atomic E-state index is -4.52. The van der Waals surface area contributed by atoms with Gasteiger partial charge in [-0.2, -0.15) is 13.2 Å². The number of rotatable bonds is 5. The van der Waals surface area contributed by atoms with Crippen LogP contribution in [0.15, 0.2) is 65.3 Å². The fourth-order valence-electron chi connectivity index (χ4n) is 2.33. The van der Waals surface area contributed by atoms with Crippen LogP contribution in [0.5, 0.6) is 0 Å². The summed E-state index contributed by atoms with van der Waals surface area (Å²) in [6.45, 7) is 0.147. The molecule has 2 amide bonds. The highest BCUT2D eigenvalue weighted by Crippen LogP contribution is 2.30. The number of amides is 2. The summed E-state index contributed by atoms with van der Waals surface area (Å²) in [7, 11) is 0. The summed E-state index contributed by atoms with van der Waals surface area (Å²) in [6, 6.07) is 11.8. The summed E-state index contributed by atoms with van der Waals surface area (Å²) in [5.74, 6) is -0.711. The maximum absolute atomic E-state index is 12.8. The van der Waals surface area contributed by atoms with Crippen LogP contribution in [0.3, 0.4) is 0 Å². The second-order valence-corrected chi connectivity index (χ2v) is 5.70. The van der Waals surface area contributed by atoms with Crippen LogP contribution in [-0.4, -0.2) is 16.8 Å². The SMILES string of the molecule is O=C(NCc1ccco1)c1cccc(C(=O)Nc2cccc(C(F)(F)F)c2)n1. The molecule has 0 radical (unpaired) electrons. The molecule has 0 saturated carbocycles. The van der Waals surface area contributed by atoms with E-state index in [0.29, 0.717) is 5.76 Å². The van der Waals surface area contributed by atoms with E-state index in [9.17, 15) is 22.8 Å². The number of nitrogens with one attached hydrogen (secondary N) is 2. The maximum Gasteiger partial charge on any atom is 0.416 e. The lowest BCUT2D eigenvalue weighted by molar-refractivity contribution is -0.137. The van der Waals surface area contributed by atoms with Gasteiger partial charge >= 0.3 is 6.18 Å². The smallest absolute Gasteiger partial charge is 0.416 e. The second kappa shape index (κ2) is 7.95. The standard InChI is InChI=1S/C19H14F3N3O3/c20-19(21,22)12-4-1-5-13(10-12)24-18(27)16-8-2-7-15(25-16)17(26)23-11-14-6-3-9-28-14/h1-10H,11H2,(H,23,26)(H,24,27). The van der Waals surface area contributed by atoms with E-state index < -0.39 is 23.6 Å². The Morgan fingerprint density at radius 3 is 2.36 bits per heavy atom. The van der Waals surface area contributed by atoms with E-state index in [2.05, 4.69) is 15.6 Å². The number of carbonyl (C=O) groups excluding carboxylic acids is 2. The summed E-state index contributed by atoms with van der Waals surface area (Å²) in [6.07, 6.45) is -3.05. The lowest BCUT2D eigenvalue weighted by Crippen LogP contribution is -2.25. The van der Waals surface area contributed by atoms with E-state index in [4.69, 9.17) is 4.42 Å². The molecule has 0 fully saturated rings. The van der Waals surface area contributed by atoms with Crippen molar-refractivity contribution in [3.05, 3.63) is 83.6 Å². The molecule has 28 heavy (non-hydrogen) atoms. The third-order valence-electron chi connectivity index (χ3n) is 3.67. The van der Waals surface area contributed by atoms with Gasteiger partial charge in [-0.25, -0.2) is 4.98 Å². The molecule has 3 aromatic rings. The topological polar surface area (TPSA) is 84.2 Å². The second-order valence-electron chi connectivity index (χ2n) is 5.70. The fraction of sp³-hybridized carbons (Fsp3) is 0.105. The molecule has 9 heteroatoms. The third-order valence-corrected chi connectivity index (χ3v) is 3.67. The molecule has 2 heterocycles. The highest BCUT2D eigenvalue weighted by molar-refractivity contribution is 6.03. The van der Waals surface area contributed by atoms with Crippen LogP contribution in [0.25, 0.3) is 0 Å². The lowest BCUT2D eigenvalue weighted by atomic mass is 10.2. The summed E-state index contributed by atoms with van der Waals surface area (Å²) in [4.78, 5) is 28.4. The fourth-order valence-corrected chi connectivity index (χ4v) is 2.33. The van der Waals surface area contributed by atoms with Crippen LogP contribution >= 0.6 is 0 Å². The number of furan rings is 1. The quantitative estimate of drug-likeness (QED) is 0.694. The zero-order valence-corrected chi connectivity index (χ0v) is 14.3. The van der Waals surface area contributed by atoms with Gasteiger partial charge in [0, 0.05) is 5.69 Å². The predicted octanol–water partition coefficient (Wildman–Crippen LogP) is 3.88. The van der Waals surface area contributed by atoms with Gasteiger partial charge in [0.15, 0.2) is 0 Å². The van der Waals surface area contributed by atoms with Crippen molar-refractivity contribution in [3.8, 4) is 0 Å². The highest BCUT2D eigenvalue weighted by atomic mass is 19.4. The summed E-state index contributed by atoms with van der Waals surface area (Å²) < 4.78 is 43.4. The first kappa shape index (κ1) is 19.2. The molecule has 0 atom stereocenters. The normalized spacial score (nSPS) is 11.1. The molecule has 0 aliphatic heterocycles. The lowest BCUT2D eigenvalue weighted by Gasteiger charge is -2.10. The first-order valence-electron chi connectivity index (χ1n) is 8.09. The Hall–Kier alpha value is -3.62. The molecule has 0 unspecified atom stereocenters. The van der Waals surface area contributed by atoms with Gasteiger partial charge in [0.2, 0.25) is 0 Å². The number of hydrogen-bond acceptors (Lipinski definition) is 4. The number of anilines is 1. The van der Waals surface area contributed by atoms with Gasteiger partial charge in [0.25, 0.3) is 11.8 Å². The molecule has 1 aromatic carbocycles. The molecular formula is C19H14F3N3O3. The van der Waals surface area contributed by atoms with Crippen molar-refractivity contribution in [2.75, 3.05) is 5.32 Å². The minimum absolute atomic E-state index is 0.0109. The third kappa shape index (κ3) is 4.76. The summed E-state index contributed by atoms with van der Waals surface area (Å²) >= 11 is 0. The van der Waals surface area contributed by atoms with E-state index in [-0.39, 0.29) is 23.6 Å². The van der Waals surface area contributed by atoms with Crippen LogP contribution in [-0.2, 0) is 12.7 Å². The van der Waals surface area contributed by atoms with Gasteiger partial charge in [-0.15, -0.1) is 0 Å². The van der Waals surface area contributed by atoms with E-state index in [1.807, 2.05) is 0 Å². The molecule has 0 saturated heterocycles. The van der Waals surface area contributed by atoms with Crippen molar-refractivity contribution < 1.29 is 27.2 Å². The van der Waals surface area contributed by atoms with Crippen LogP contribution in [0.1, 0.15) is 32.3 Å². The van der Waals surface area contributed by atoms with E-state index in [0.717, 1.165) is 12.1 Å². The molecule has 0 bridgehead atoms. The summed E-state index contributed by atoms with van der Waals surface area (Å²) in [5.41, 5.74) is -1.04. The predicted molar refractivity (Wildman–Crippen MR) is 93.5 cm³/mol. The van der Waals surface area contributed by atoms with Crippen molar-refractivity contribution in [1.82, 2.24) is 10.3 Å². The Labute approximate surface area is 157 Å². The van der Waals surface area contributed by atoms with Crippen LogP contribution in [0.4, 0.5) is 18.9 Å². The monoisotopic (exact) mass is 389 g/mol. The minimum Gasteiger partial charge on any atom is -0.467 e. The number of hydrogen-bond donors (Lipinski definition) is 2. The van der Waals surface area contributed by atoms with Crippen molar-refractivity contribution >= 4 is 17.5 Å². The molecule has 0 aliphatic carbocycles. The molecule has 3 rings (SSSR count). The number of aromatic nitrogens is 1. The average Bonchev–Trinajstić information content (AvgIpc) is 3.19. The molecular weight excluding hydrogens is 375 g/mol. The zero-order valence-electron chi connectivity index (χ0n) is 14.3.